The molecule has 2 fully saturated rings. The molecule has 1 aromatic rings. The van der Waals surface area contributed by atoms with E-state index in [1.807, 2.05) is 16.8 Å². The first kappa shape index (κ1) is 13.1. The Morgan fingerprint density at radius 3 is 2.95 bits per heavy atom. The topological polar surface area (TPSA) is 47.6 Å². The van der Waals surface area contributed by atoms with E-state index < -0.39 is 0 Å². The molecule has 1 aliphatic heterocycles. The number of fused-ring (bicyclic) bond motifs is 1. The quantitative estimate of drug-likeness (QED) is 0.918. The molecule has 19 heavy (non-hydrogen) atoms. The smallest absolute Gasteiger partial charge is 0.224 e. The van der Waals surface area contributed by atoms with Gasteiger partial charge in [-0.3, -0.25) is 4.79 Å². The molecule has 0 spiro atoms. The Balaban J connectivity index is 1.49. The van der Waals surface area contributed by atoms with Crippen LogP contribution in [0.4, 0.5) is 0 Å². The van der Waals surface area contributed by atoms with E-state index >= 15 is 0 Å². The molecule has 1 aliphatic carbocycles. The number of hydrogen-bond acceptors (Lipinski definition) is 4. The molecule has 3 rings (SSSR count). The maximum Gasteiger partial charge on any atom is 0.224 e. The maximum atomic E-state index is 12.0. The Kier molecular flexibility index (Phi) is 4.15. The predicted molar refractivity (Wildman–Crippen MR) is 73.3 cm³/mol. The number of nitrogens with one attached hydrogen (secondary N) is 1. The summed E-state index contributed by atoms with van der Waals surface area (Å²) in [5.41, 5.74) is 1.09. The van der Waals surface area contributed by atoms with Crippen molar-refractivity contribution in [2.45, 2.75) is 43.9 Å². The van der Waals surface area contributed by atoms with Gasteiger partial charge in [0.1, 0.15) is 0 Å². The van der Waals surface area contributed by atoms with E-state index in [1.54, 1.807) is 11.3 Å². The summed E-state index contributed by atoms with van der Waals surface area (Å²) in [5, 5.41) is 7.14. The van der Waals surface area contributed by atoms with Crippen LogP contribution in [0.25, 0.3) is 0 Å². The van der Waals surface area contributed by atoms with Gasteiger partial charge in [0.25, 0.3) is 0 Å². The van der Waals surface area contributed by atoms with Gasteiger partial charge in [-0.1, -0.05) is 0 Å². The summed E-state index contributed by atoms with van der Waals surface area (Å²) in [6, 6.07) is 2.23. The molecular weight excluding hydrogens is 262 g/mol. The molecule has 1 aromatic heterocycles. The van der Waals surface area contributed by atoms with Crippen LogP contribution < -0.4 is 5.32 Å². The molecule has 1 amide bonds. The van der Waals surface area contributed by atoms with E-state index in [-0.39, 0.29) is 24.2 Å². The van der Waals surface area contributed by atoms with Crippen molar-refractivity contribution in [3.8, 4) is 0 Å². The molecule has 0 unspecified atom stereocenters. The second-order valence-corrected chi connectivity index (χ2v) is 5.98. The van der Waals surface area contributed by atoms with Gasteiger partial charge in [-0.25, -0.2) is 0 Å². The van der Waals surface area contributed by atoms with Crippen molar-refractivity contribution in [2.75, 3.05) is 13.2 Å². The molecule has 1 saturated heterocycles. The zero-order valence-electron chi connectivity index (χ0n) is 10.8. The molecule has 2 heterocycles. The lowest BCUT2D eigenvalue weighted by Crippen LogP contribution is -2.49. The minimum atomic E-state index is 0.110. The summed E-state index contributed by atoms with van der Waals surface area (Å²) in [6.45, 7) is 1.38. The van der Waals surface area contributed by atoms with E-state index in [1.165, 1.54) is 0 Å². The highest BCUT2D eigenvalue weighted by atomic mass is 32.1. The number of carbonyl (C=O) groups excluding carboxylic acids is 1. The third-order valence-electron chi connectivity index (χ3n) is 3.79. The van der Waals surface area contributed by atoms with Gasteiger partial charge in [-0.15, -0.1) is 0 Å². The fraction of sp³-hybridized carbons (Fsp3) is 0.643. The third-order valence-corrected chi connectivity index (χ3v) is 4.52. The van der Waals surface area contributed by atoms with Crippen molar-refractivity contribution in [3.05, 3.63) is 22.4 Å². The maximum absolute atomic E-state index is 12.0. The van der Waals surface area contributed by atoms with Crippen LogP contribution >= 0.6 is 11.3 Å². The summed E-state index contributed by atoms with van der Waals surface area (Å²) in [6.07, 6.45) is 3.71. The number of hydrogen-bond donors (Lipinski definition) is 1. The Labute approximate surface area is 117 Å². The van der Waals surface area contributed by atoms with Crippen molar-refractivity contribution >= 4 is 17.2 Å². The van der Waals surface area contributed by atoms with E-state index in [0.717, 1.165) is 24.8 Å². The van der Waals surface area contributed by atoms with Crippen LogP contribution in [0.2, 0.25) is 0 Å². The van der Waals surface area contributed by atoms with E-state index in [9.17, 15) is 4.79 Å². The Morgan fingerprint density at radius 2 is 2.16 bits per heavy atom. The van der Waals surface area contributed by atoms with Gasteiger partial charge in [0.2, 0.25) is 5.91 Å². The number of ether oxygens (including phenoxy) is 2. The van der Waals surface area contributed by atoms with Gasteiger partial charge < -0.3 is 14.8 Å². The molecule has 1 N–H and O–H groups in total. The van der Waals surface area contributed by atoms with E-state index in [2.05, 4.69) is 5.32 Å². The number of rotatable bonds is 3. The lowest BCUT2D eigenvalue weighted by molar-refractivity contribution is -0.158. The summed E-state index contributed by atoms with van der Waals surface area (Å²) in [7, 11) is 0. The monoisotopic (exact) mass is 281 g/mol. The number of thiophene rings is 1. The Bertz CT molecular complexity index is 420. The van der Waals surface area contributed by atoms with Gasteiger partial charge >= 0.3 is 0 Å². The van der Waals surface area contributed by atoms with Crippen LogP contribution in [-0.4, -0.2) is 37.4 Å². The Morgan fingerprint density at radius 1 is 1.32 bits per heavy atom. The fourth-order valence-corrected chi connectivity index (χ4v) is 3.52. The SMILES string of the molecule is O=C(Cc1ccsc1)N[C@@H]1CC[C@@H]2OCCO[C@@H]2C1. The average molecular weight is 281 g/mol. The first-order chi connectivity index (χ1) is 9.31. The van der Waals surface area contributed by atoms with Gasteiger partial charge in [-0.2, -0.15) is 11.3 Å². The van der Waals surface area contributed by atoms with Gasteiger partial charge in [0.05, 0.1) is 31.8 Å². The number of carbonyl (C=O) groups is 1. The summed E-state index contributed by atoms with van der Waals surface area (Å²) < 4.78 is 11.4. The standard InChI is InChI=1S/C14H19NO3S/c16-14(7-10-3-6-19-9-10)15-11-1-2-12-13(8-11)18-5-4-17-12/h3,6,9,11-13H,1-2,4-5,7-8H2,(H,15,16)/t11-,12+,13-/m1/s1. The largest absolute Gasteiger partial charge is 0.373 e. The molecule has 0 aromatic carbocycles. The molecule has 2 aliphatic rings. The highest BCUT2D eigenvalue weighted by Gasteiger charge is 2.34. The van der Waals surface area contributed by atoms with Crippen LogP contribution in [0.15, 0.2) is 16.8 Å². The van der Waals surface area contributed by atoms with Crippen LogP contribution in [0.3, 0.4) is 0 Å². The minimum absolute atomic E-state index is 0.110. The van der Waals surface area contributed by atoms with Crippen molar-refractivity contribution < 1.29 is 14.3 Å². The van der Waals surface area contributed by atoms with Crippen LogP contribution in [0.5, 0.6) is 0 Å². The van der Waals surface area contributed by atoms with Crippen molar-refractivity contribution in [1.29, 1.82) is 0 Å². The third kappa shape index (κ3) is 3.35. The Hall–Kier alpha value is -0.910. The van der Waals surface area contributed by atoms with Gasteiger partial charge in [0, 0.05) is 6.04 Å². The van der Waals surface area contributed by atoms with Crippen molar-refractivity contribution in [3.63, 3.8) is 0 Å². The van der Waals surface area contributed by atoms with E-state index in [4.69, 9.17) is 9.47 Å². The highest BCUT2D eigenvalue weighted by Crippen LogP contribution is 2.26. The first-order valence-electron chi connectivity index (χ1n) is 6.85. The lowest BCUT2D eigenvalue weighted by Gasteiger charge is -2.39. The summed E-state index contributed by atoms with van der Waals surface area (Å²) in [4.78, 5) is 12.0. The summed E-state index contributed by atoms with van der Waals surface area (Å²) >= 11 is 1.63. The van der Waals surface area contributed by atoms with E-state index in [0.29, 0.717) is 19.6 Å². The molecule has 1 saturated carbocycles. The van der Waals surface area contributed by atoms with Crippen LogP contribution in [0, 0.1) is 0 Å². The molecule has 5 heteroatoms. The molecular formula is C14H19NO3S. The normalized spacial score (nSPS) is 30.6. The zero-order valence-corrected chi connectivity index (χ0v) is 11.7. The molecule has 0 radical (unpaired) electrons. The first-order valence-corrected chi connectivity index (χ1v) is 7.79. The fourth-order valence-electron chi connectivity index (χ4n) is 2.85. The van der Waals surface area contributed by atoms with Crippen molar-refractivity contribution in [2.24, 2.45) is 0 Å². The predicted octanol–water partition coefficient (Wildman–Crippen LogP) is 1.74. The molecule has 0 bridgehead atoms. The van der Waals surface area contributed by atoms with Crippen molar-refractivity contribution in [1.82, 2.24) is 5.32 Å². The molecule has 3 atom stereocenters. The minimum Gasteiger partial charge on any atom is -0.373 e. The average Bonchev–Trinajstić information content (AvgIpc) is 2.91. The van der Waals surface area contributed by atoms with Gasteiger partial charge in [-0.05, 0) is 41.7 Å². The molecule has 104 valence electrons. The van der Waals surface area contributed by atoms with Gasteiger partial charge in [0.15, 0.2) is 0 Å². The molecule has 4 nitrogen and oxygen atoms in total. The summed E-state index contributed by atoms with van der Waals surface area (Å²) in [5.74, 6) is 0.110. The van der Waals surface area contributed by atoms with Crippen LogP contribution in [-0.2, 0) is 20.7 Å². The zero-order chi connectivity index (χ0) is 13.1. The van der Waals surface area contributed by atoms with Crippen LogP contribution in [0.1, 0.15) is 24.8 Å². The highest BCUT2D eigenvalue weighted by molar-refractivity contribution is 7.07. The number of amides is 1. The second-order valence-electron chi connectivity index (χ2n) is 5.20. The lowest BCUT2D eigenvalue weighted by atomic mass is 9.89. The second kappa shape index (κ2) is 6.03.